The van der Waals surface area contributed by atoms with Crippen molar-refractivity contribution in [1.29, 1.82) is 0 Å². The Balaban J connectivity index is 1.49. The first kappa shape index (κ1) is 12.1. The first-order valence-electron chi connectivity index (χ1n) is 7.17. The van der Waals surface area contributed by atoms with Crippen molar-refractivity contribution in [2.75, 3.05) is 19.6 Å². The number of morpholine rings is 1. The van der Waals surface area contributed by atoms with Crippen molar-refractivity contribution in [3.8, 4) is 0 Å². The molecule has 4 nitrogen and oxygen atoms in total. The van der Waals surface area contributed by atoms with Crippen molar-refractivity contribution in [1.82, 2.24) is 4.90 Å². The van der Waals surface area contributed by atoms with E-state index < -0.39 is 0 Å². The Morgan fingerprint density at radius 3 is 2.70 bits per heavy atom. The van der Waals surface area contributed by atoms with Crippen molar-refractivity contribution in [2.24, 2.45) is 0 Å². The Morgan fingerprint density at radius 1 is 1.20 bits per heavy atom. The summed E-state index contributed by atoms with van der Waals surface area (Å²) in [7, 11) is 0. The summed E-state index contributed by atoms with van der Waals surface area (Å²) >= 11 is 0. The highest BCUT2D eigenvalue weighted by atomic mass is 16.5. The largest absolute Gasteiger partial charge is 0.453 e. The summed E-state index contributed by atoms with van der Waals surface area (Å²) in [6.45, 7) is 2.15. The van der Waals surface area contributed by atoms with Crippen molar-refractivity contribution in [2.45, 2.75) is 25.0 Å². The van der Waals surface area contributed by atoms with Crippen molar-refractivity contribution in [3.05, 3.63) is 36.1 Å². The van der Waals surface area contributed by atoms with Crippen molar-refractivity contribution < 1.29 is 13.9 Å². The smallest absolute Gasteiger partial charge is 0.211 e. The van der Waals surface area contributed by atoms with Gasteiger partial charge in [0.2, 0.25) is 5.78 Å². The van der Waals surface area contributed by atoms with Crippen LogP contribution in [-0.2, 0) is 4.74 Å². The zero-order chi connectivity index (χ0) is 13.5. The summed E-state index contributed by atoms with van der Waals surface area (Å²) in [5, 5.41) is 0.984. The van der Waals surface area contributed by atoms with E-state index in [-0.39, 0.29) is 5.78 Å². The molecule has 2 aliphatic heterocycles. The lowest BCUT2D eigenvalue weighted by atomic mass is 10.2. The van der Waals surface area contributed by atoms with Gasteiger partial charge in [0.1, 0.15) is 5.58 Å². The van der Waals surface area contributed by atoms with E-state index in [9.17, 15) is 4.79 Å². The third-order valence-corrected chi connectivity index (χ3v) is 4.19. The molecule has 2 fully saturated rings. The van der Waals surface area contributed by atoms with Crippen LogP contribution in [0.2, 0.25) is 0 Å². The Hall–Kier alpha value is -1.65. The highest BCUT2D eigenvalue weighted by Gasteiger charge is 2.34. The molecule has 2 unspecified atom stereocenters. The van der Waals surface area contributed by atoms with Crippen molar-refractivity contribution in [3.63, 3.8) is 0 Å². The fourth-order valence-electron chi connectivity index (χ4n) is 3.23. The molecular formula is C16H17NO3. The number of furan rings is 1. The molecule has 0 saturated carbocycles. The Morgan fingerprint density at radius 2 is 1.95 bits per heavy atom. The zero-order valence-corrected chi connectivity index (χ0v) is 11.2. The van der Waals surface area contributed by atoms with Crippen LogP contribution in [0.5, 0.6) is 0 Å². The first-order chi connectivity index (χ1) is 9.78. The molecule has 0 N–H and O–H groups in total. The zero-order valence-electron chi connectivity index (χ0n) is 11.2. The predicted octanol–water partition coefficient (Wildman–Crippen LogP) is 2.48. The summed E-state index contributed by atoms with van der Waals surface area (Å²) in [6.07, 6.45) is 2.88. The van der Waals surface area contributed by atoms with Gasteiger partial charge in [0.15, 0.2) is 5.76 Å². The number of ketones is 1. The maximum atomic E-state index is 12.3. The molecule has 0 spiro atoms. The van der Waals surface area contributed by atoms with Crippen LogP contribution < -0.4 is 0 Å². The molecular weight excluding hydrogens is 254 g/mol. The fourth-order valence-corrected chi connectivity index (χ4v) is 3.23. The molecule has 4 heteroatoms. The number of carbonyl (C=O) groups excluding carboxylic acids is 1. The highest BCUT2D eigenvalue weighted by Crippen LogP contribution is 2.26. The molecule has 0 amide bonds. The number of hydrogen-bond acceptors (Lipinski definition) is 4. The maximum Gasteiger partial charge on any atom is 0.211 e. The van der Waals surface area contributed by atoms with E-state index in [4.69, 9.17) is 9.15 Å². The van der Waals surface area contributed by atoms with Gasteiger partial charge in [-0.05, 0) is 25.0 Å². The van der Waals surface area contributed by atoms with Crippen LogP contribution in [-0.4, -0.2) is 42.5 Å². The quantitative estimate of drug-likeness (QED) is 0.804. The number of para-hydroxylation sites is 1. The van der Waals surface area contributed by atoms with Gasteiger partial charge >= 0.3 is 0 Å². The third kappa shape index (κ3) is 2.15. The van der Waals surface area contributed by atoms with E-state index in [1.165, 1.54) is 0 Å². The number of nitrogens with zero attached hydrogens (tertiary/aromatic N) is 1. The number of benzene rings is 1. The van der Waals surface area contributed by atoms with Gasteiger partial charge < -0.3 is 9.15 Å². The van der Waals surface area contributed by atoms with E-state index in [0.29, 0.717) is 24.5 Å². The van der Waals surface area contributed by atoms with Gasteiger partial charge in [-0.15, -0.1) is 0 Å². The van der Waals surface area contributed by atoms with E-state index in [2.05, 4.69) is 4.90 Å². The monoisotopic (exact) mass is 271 g/mol. The van der Waals surface area contributed by atoms with E-state index >= 15 is 0 Å². The van der Waals surface area contributed by atoms with Crippen LogP contribution in [0, 0.1) is 0 Å². The Bertz CT molecular complexity index is 603. The summed E-state index contributed by atoms with van der Waals surface area (Å²) in [4.78, 5) is 14.5. The first-order valence-corrected chi connectivity index (χ1v) is 7.17. The SMILES string of the molecule is O=C(CN1CC2CCC(C1)O2)c1cc2ccccc2o1. The molecule has 2 aromatic rings. The third-order valence-electron chi connectivity index (χ3n) is 4.19. The van der Waals surface area contributed by atoms with Crippen LogP contribution in [0.25, 0.3) is 11.0 Å². The number of Topliss-reactive ketones (excluding diaryl/α,β-unsaturated/α-hetero) is 1. The van der Waals surface area contributed by atoms with Gasteiger partial charge in [-0.3, -0.25) is 9.69 Å². The van der Waals surface area contributed by atoms with Gasteiger partial charge in [0, 0.05) is 18.5 Å². The number of likely N-dealkylation sites (tertiary alicyclic amines) is 1. The van der Waals surface area contributed by atoms with Gasteiger partial charge in [-0.2, -0.15) is 0 Å². The maximum absolute atomic E-state index is 12.3. The lowest BCUT2D eigenvalue weighted by Crippen LogP contribution is -2.44. The van der Waals surface area contributed by atoms with Crippen LogP contribution >= 0.6 is 0 Å². The number of ether oxygens (including phenoxy) is 1. The standard InChI is InChI=1S/C16H17NO3/c18-14(10-17-8-12-5-6-13(9-17)19-12)16-7-11-3-1-2-4-15(11)20-16/h1-4,7,12-13H,5-6,8-10H2. The molecule has 0 radical (unpaired) electrons. The van der Waals surface area contributed by atoms with Gasteiger partial charge in [0.25, 0.3) is 0 Å². The average molecular weight is 271 g/mol. The van der Waals surface area contributed by atoms with Crippen LogP contribution in [0.3, 0.4) is 0 Å². The van der Waals surface area contributed by atoms with E-state index in [1.807, 2.05) is 30.3 Å². The normalized spacial score (nSPS) is 26.2. The molecule has 104 valence electrons. The molecule has 2 saturated heterocycles. The van der Waals surface area contributed by atoms with Gasteiger partial charge in [-0.1, -0.05) is 18.2 Å². The molecule has 2 bridgehead atoms. The molecule has 1 aromatic carbocycles. The molecule has 3 heterocycles. The minimum Gasteiger partial charge on any atom is -0.453 e. The summed E-state index contributed by atoms with van der Waals surface area (Å²) in [5.41, 5.74) is 0.776. The number of carbonyl (C=O) groups is 1. The summed E-state index contributed by atoms with van der Waals surface area (Å²) in [6, 6.07) is 9.56. The fraction of sp³-hybridized carbons (Fsp3) is 0.438. The minimum atomic E-state index is 0.0579. The van der Waals surface area contributed by atoms with Crippen LogP contribution in [0.15, 0.2) is 34.7 Å². The Kier molecular flexibility index (Phi) is 2.86. The number of fused-ring (bicyclic) bond motifs is 3. The van der Waals surface area contributed by atoms with E-state index in [1.54, 1.807) is 0 Å². The molecule has 20 heavy (non-hydrogen) atoms. The average Bonchev–Trinajstić information content (AvgIpc) is 3.02. The summed E-state index contributed by atoms with van der Waals surface area (Å²) < 4.78 is 11.4. The van der Waals surface area contributed by atoms with Gasteiger partial charge in [-0.25, -0.2) is 0 Å². The molecule has 1 aromatic heterocycles. The second kappa shape index (κ2) is 4.72. The second-order valence-electron chi connectivity index (χ2n) is 5.72. The molecule has 2 atom stereocenters. The molecule has 4 rings (SSSR count). The highest BCUT2D eigenvalue weighted by molar-refractivity contribution is 5.98. The lowest BCUT2D eigenvalue weighted by Gasteiger charge is -2.31. The van der Waals surface area contributed by atoms with Gasteiger partial charge in [0.05, 0.1) is 18.8 Å². The molecule has 2 aliphatic rings. The van der Waals surface area contributed by atoms with E-state index in [0.717, 1.165) is 36.9 Å². The van der Waals surface area contributed by atoms with Crippen molar-refractivity contribution >= 4 is 16.8 Å². The number of hydrogen-bond donors (Lipinski definition) is 0. The minimum absolute atomic E-state index is 0.0579. The molecule has 0 aliphatic carbocycles. The lowest BCUT2D eigenvalue weighted by molar-refractivity contribution is -0.0357. The topological polar surface area (TPSA) is 42.7 Å². The summed E-state index contributed by atoms with van der Waals surface area (Å²) in [5.74, 6) is 0.521. The number of rotatable bonds is 3. The van der Waals surface area contributed by atoms with Crippen LogP contribution in [0.4, 0.5) is 0 Å². The Labute approximate surface area is 117 Å². The second-order valence-corrected chi connectivity index (χ2v) is 5.72. The predicted molar refractivity (Wildman–Crippen MR) is 74.9 cm³/mol. The van der Waals surface area contributed by atoms with Crippen LogP contribution in [0.1, 0.15) is 23.4 Å².